The van der Waals surface area contributed by atoms with Gasteiger partial charge in [-0.15, -0.1) is 0 Å². The summed E-state index contributed by atoms with van der Waals surface area (Å²) in [6.45, 7) is 0. The second-order valence-electron chi connectivity index (χ2n) is 10.2. The van der Waals surface area contributed by atoms with Crippen LogP contribution in [-0.4, -0.2) is 32.9 Å². The van der Waals surface area contributed by atoms with Gasteiger partial charge in [0.2, 0.25) is 0 Å². The average Bonchev–Trinajstić information content (AvgIpc) is 3.71. The van der Waals surface area contributed by atoms with Crippen molar-refractivity contribution in [3.63, 3.8) is 0 Å². The third kappa shape index (κ3) is 8.44. The highest BCUT2D eigenvalue weighted by Gasteiger charge is 2.42. The third-order valence-electron chi connectivity index (χ3n) is 7.05. The first-order valence-corrected chi connectivity index (χ1v) is 14.3. The molecule has 0 radical (unpaired) electrons. The Bertz CT molecular complexity index is 1530. The summed E-state index contributed by atoms with van der Waals surface area (Å²) in [6.07, 6.45) is 8.98. The second-order valence-corrected chi connectivity index (χ2v) is 10.9. The molecular formula is C33H32ClNO4S. The molecule has 5 rings (SSSR count). The van der Waals surface area contributed by atoms with Crippen LogP contribution in [0.1, 0.15) is 58.4 Å². The number of aryl methyl sites for hydroxylation is 2. The minimum Gasteiger partial charge on any atom is -0.481 e. The minimum absolute atomic E-state index is 0.0783. The maximum atomic E-state index is 11.4. The van der Waals surface area contributed by atoms with Crippen molar-refractivity contribution in [2.45, 2.75) is 38.5 Å². The van der Waals surface area contributed by atoms with Gasteiger partial charge in [-0.05, 0) is 90.3 Å². The number of pyridine rings is 1. The van der Waals surface area contributed by atoms with Gasteiger partial charge in [0.1, 0.15) is 0 Å². The van der Waals surface area contributed by atoms with Gasteiger partial charge in [0.05, 0.1) is 23.2 Å². The molecule has 0 atom stereocenters. The Labute approximate surface area is 245 Å². The van der Waals surface area contributed by atoms with Gasteiger partial charge in [0, 0.05) is 10.4 Å². The Hall–Kier alpha value is -3.61. The van der Waals surface area contributed by atoms with Crippen molar-refractivity contribution < 1.29 is 19.8 Å². The molecule has 7 heteroatoms. The molecule has 0 saturated heterocycles. The molecule has 206 valence electrons. The molecule has 1 fully saturated rings. The number of aromatic nitrogens is 1. The number of aromatic carboxylic acids is 1. The van der Waals surface area contributed by atoms with E-state index in [0.29, 0.717) is 17.0 Å². The molecule has 1 aliphatic rings. The van der Waals surface area contributed by atoms with Gasteiger partial charge >= 0.3 is 11.9 Å². The highest BCUT2D eigenvalue weighted by atomic mass is 35.5. The van der Waals surface area contributed by atoms with Crippen molar-refractivity contribution in [3.05, 3.63) is 112 Å². The van der Waals surface area contributed by atoms with Gasteiger partial charge in [0.15, 0.2) is 0 Å². The lowest BCUT2D eigenvalue weighted by atomic mass is 9.99. The van der Waals surface area contributed by atoms with Crippen LogP contribution in [0, 0.1) is 5.41 Å². The van der Waals surface area contributed by atoms with Crippen molar-refractivity contribution in [3.8, 4) is 0 Å². The monoisotopic (exact) mass is 573 g/mol. The summed E-state index contributed by atoms with van der Waals surface area (Å²) in [4.78, 5) is 26.2. The number of benzene rings is 3. The molecule has 1 aromatic heterocycles. The molecule has 5 nitrogen and oxygen atoms in total. The van der Waals surface area contributed by atoms with Crippen LogP contribution >= 0.6 is 24.2 Å². The Kier molecular flexibility index (Phi) is 10.0. The first-order chi connectivity index (χ1) is 19.3. The third-order valence-corrected chi connectivity index (χ3v) is 7.96. The zero-order valence-electron chi connectivity index (χ0n) is 22.1. The molecular weight excluding hydrogens is 542 g/mol. The van der Waals surface area contributed by atoms with E-state index in [9.17, 15) is 14.7 Å². The summed E-state index contributed by atoms with van der Waals surface area (Å²) < 4.78 is 0. The zero-order chi connectivity index (χ0) is 28.5. The van der Waals surface area contributed by atoms with E-state index >= 15 is 0 Å². The number of hydrogen-bond acceptors (Lipinski definition) is 4. The van der Waals surface area contributed by atoms with Gasteiger partial charge in [-0.25, -0.2) is 9.78 Å². The van der Waals surface area contributed by atoms with Crippen molar-refractivity contribution in [2.24, 2.45) is 5.41 Å². The van der Waals surface area contributed by atoms with E-state index in [4.69, 9.17) is 16.7 Å². The van der Waals surface area contributed by atoms with Crippen molar-refractivity contribution in [2.75, 3.05) is 5.75 Å². The molecule has 0 unspecified atom stereocenters. The molecule has 4 aromatic rings. The van der Waals surface area contributed by atoms with Crippen LogP contribution < -0.4 is 0 Å². The minimum atomic E-state index is -0.868. The maximum Gasteiger partial charge on any atom is 0.335 e. The number of carbonyl (C=O) groups is 2. The van der Waals surface area contributed by atoms with Gasteiger partial charge < -0.3 is 10.2 Å². The van der Waals surface area contributed by atoms with Gasteiger partial charge in [-0.2, -0.15) is 12.6 Å². The lowest BCUT2D eigenvalue weighted by Crippen LogP contribution is -2.09. The number of halogens is 1. The Balaban J connectivity index is 0.000000350. The van der Waals surface area contributed by atoms with Crippen LogP contribution in [-0.2, 0) is 17.6 Å². The summed E-state index contributed by atoms with van der Waals surface area (Å²) in [6, 6.07) is 25.4. The number of hydrogen-bond donors (Lipinski definition) is 3. The first kappa shape index (κ1) is 29.4. The van der Waals surface area contributed by atoms with Crippen molar-refractivity contribution in [1.82, 2.24) is 4.98 Å². The van der Waals surface area contributed by atoms with Gasteiger partial charge in [-0.1, -0.05) is 72.3 Å². The highest BCUT2D eigenvalue weighted by molar-refractivity contribution is 7.80. The predicted molar refractivity (Wildman–Crippen MR) is 165 cm³/mol. The maximum absolute atomic E-state index is 11.4. The number of thiol groups is 1. The lowest BCUT2D eigenvalue weighted by Gasteiger charge is -2.06. The molecule has 2 N–H and O–H groups in total. The predicted octanol–water partition coefficient (Wildman–Crippen LogP) is 8.10. The summed E-state index contributed by atoms with van der Waals surface area (Å²) in [5.74, 6) is -0.840. The number of rotatable bonds is 10. The number of fused-ring (bicyclic) bond motifs is 1. The van der Waals surface area contributed by atoms with Crippen LogP contribution in [0.2, 0.25) is 5.02 Å². The Morgan fingerprint density at radius 3 is 2.40 bits per heavy atom. The Morgan fingerprint density at radius 2 is 1.70 bits per heavy atom. The second kappa shape index (κ2) is 13.6. The summed E-state index contributed by atoms with van der Waals surface area (Å²) in [5, 5.41) is 19.5. The SMILES string of the molecule is O=C(O)CC1(CS)CC1.O=C(O)c1ccccc1CCCc1cccc(/C=C/c2ccc3ccc(Cl)cc3n2)c1. The topological polar surface area (TPSA) is 87.5 Å². The van der Waals surface area contributed by atoms with E-state index in [1.54, 1.807) is 12.1 Å². The summed E-state index contributed by atoms with van der Waals surface area (Å²) in [7, 11) is 0. The molecule has 0 spiro atoms. The molecule has 0 aliphatic heterocycles. The van der Waals surface area contributed by atoms with Gasteiger partial charge in [0.25, 0.3) is 0 Å². The van der Waals surface area contributed by atoms with E-state index in [1.165, 1.54) is 5.56 Å². The molecule has 0 bridgehead atoms. The molecule has 3 aromatic carbocycles. The van der Waals surface area contributed by atoms with Crippen LogP contribution in [0.3, 0.4) is 0 Å². The molecule has 1 aliphatic carbocycles. The van der Waals surface area contributed by atoms with Crippen LogP contribution in [0.25, 0.3) is 23.1 Å². The van der Waals surface area contributed by atoms with Crippen LogP contribution in [0.4, 0.5) is 0 Å². The van der Waals surface area contributed by atoms with E-state index < -0.39 is 11.9 Å². The smallest absolute Gasteiger partial charge is 0.335 e. The number of aliphatic carboxylic acids is 1. The van der Waals surface area contributed by atoms with E-state index in [-0.39, 0.29) is 5.41 Å². The fourth-order valence-corrected chi connectivity index (χ4v) is 5.15. The Morgan fingerprint density at radius 1 is 0.925 bits per heavy atom. The fraction of sp³-hybridized carbons (Fsp3) is 0.242. The molecule has 0 amide bonds. The lowest BCUT2D eigenvalue weighted by molar-refractivity contribution is -0.138. The quantitative estimate of drug-likeness (QED) is 0.167. The molecule has 1 heterocycles. The van der Waals surface area contributed by atoms with E-state index in [1.807, 2.05) is 54.6 Å². The van der Waals surface area contributed by atoms with Gasteiger partial charge in [-0.3, -0.25) is 4.79 Å². The molecule has 1 saturated carbocycles. The largest absolute Gasteiger partial charge is 0.481 e. The highest BCUT2D eigenvalue weighted by Crippen LogP contribution is 2.49. The first-order valence-electron chi connectivity index (χ1n) is 13.2. The number of nitrogens with zero attached hydrogens (tertiary/aromatic N) is 1. The number of carboxylic acid groups (broad SMARTS) is 2. The van der Waals surface area contributed by atoms with Crippen LogP contribution in [0.5, 0.6) is 0 Å². The van der Waals surface area contributed by atoms with Crippen molar-refractivity contribution >= 4 is 59.2 Å². The van der Waals surface area contributed by atoms with E-state index in [2.05, 4.69) is 41.9 Å². The average molecular weight is 574 g/mol. The zero-order valence-corrected chi connectivity index (χ0v) is 23.7. The number of carboxylic acids is 2. The fourth-order valence-electron chi connectivity index (χ4n) is 4.55. The van der Waals surface area contributed by atoms with Crippen LogP contribution in [0.15, 0.2) is 78.9 Å². The standard InChI is InChI=1S/C27H22ClNO2.C6H10O2S/c28-23-14-12-22-13-16-24(29-26(22)18-23)15-11-20-6-3-5-19(17-20)7-4-9-21-8-1-2-10-25(21)27(30)31;7-5(8)3-6(4-9)1-2-6/h1-3,5-6,8,10-18H,4,7,9H2,(H,30,31);9H,1-4H2,(H,7,8)/b15-11+;. The van der Waals surface area contributed by atoms with E-state index in [0.717, 1.165) is 65.6 Å². The molecule has 40 heavy (non-hydrogen) atoms. The summed E-state index contributed by atoms with van der Waals surface area (Å²) >= 11 is 10.2. The summed E-state index contributed by atoms with van der Waals surface area (Å²) in [5.41, 5.74) is 5.45. The van der Waals surface area contributed by atoms with Crippen molar-refractivity contribution in [1.29, 1.82) is 0 Å². The normalized spacial score (nSPS) is 13.6.